The smallest absolute Gasteiger partial charge is 0.311 e. The molecule has 2 nitrogen and oxygen atoms in total. The van der Waals surface area contributed by atoms with Gasteiger partial charge >= 0.3 is 6.18 Å². The maximum atomic E-state index is 12.6. The summed E-state index contributed by atoms with van der Waals surface area (Å²) in [5.74, 6) is 0. The summed E-state index contributed by atoms with van der Waals surface area (Å²) >= 11 is 0. The van der Waals surface area contributed by atoms with Crippen LogP contribution in [0.5, 0.6) is 0 Å². The molecule has 1 N–H and O–H groups in total. The molecule has 0 spiro atoms. The minimum absolute atomic E-state index is 0.122. The van der Waals surface area contributed by atoms with Gasteiger partial charge in [-0.3, -0.25) is 4.90 Å². The molecule has 0 radical (unpaired) electrons. The molecule has 112 valence electrons. The van der Waals surface area contributed by atoms with Gasteiger partial charge in [0.15, 0.2) is 0 Å². The summed E-state index contributed by atoms with van der Waals surface area (Å²) in [5.41, 5.74) is 0.342. The van der Waals surface area contributed by atoms with Crippen LogP contribution < -0.4 is 5.32 Å². The highest BCUT2D eigenvalue weighted by molar-refractivity contribution is 5.26. The van der Waals surface area contributed by atoms with Crippen molar-refractivity contribution in [1.29, 1.82) is 0 Å². The zero-order valence-corrected chi connectivity index (χ0v) is 12.0. The van der Waals surface area contributed by atoms with E-state index >= 15 is 0 Å². The lowest BCUT2D eigenvalue weighted by Gasteiger charge is -2.41. The van der Waals surface area contributed by atoms with Gasteiger partial charge in [-0.05, 0) is 38.5 Å². The molecule has 1 heterocycles. The Morgan fingerprint density at radius 1 is 1.20 bits per heavy atom. The average Bonchev–Trinajstić information content (AvgIpc) is 2.40. The van der Waals surface area contributed by atoms with Crippen LogP contribution in [0.3, 0.4) is 0 Å². The molecule has 3 atom stereocenters. The molecule has 0 saturated carbocycles. The maximum Gasteiger partial charge on any atom is 0.416 e. The summed E-state index contributed by atoms with van der Waals surface area (Å²) in [7, 11) is 0. The summed E-state index contributed by atoms with van der Waals surface area (Å²) in [6, 6.07) is 6.42. The molecule has 1 aliphatic rings. The molecule has 1 aliphatic heterocycles. The Labute approximate surface area is 118 Å². The molecule has 0 bridgehead atoms. The van der Waals surface area contributed by atoms with Gasteiger partial charge in [-0.1, -0.05) is 12.1 Å². The fourth-order valence-electron chi connectivity index (χ4n) is 2.73. The lowest BCUT2D eigenvalue weighted by molar-refractivity contribution is -0.137. The first-order valence-electron chi connectivity index (χ1n) is 6.95. The van der Waals surface area contributed by atoms with Gasteiger partial charge in [-0.2, -0.15) is 13.2 Å². The van der Waals surface area contributed by atoms with Crippen LogP contribution in [0.2, 0.25) is 0 Å². The van der Waals surface area contributed by atoms with Gasteiger partial charge in [0.2, 0.25) is 0 Å². The van der Waals surface area contributed by atoms with Gasteiger partial charge in [0.25, 0.3) is 0 Å². The molecule has 1 aromatic carbocycles. The standard InChI is InChI=1S/C15H21F3N2/c1-10-9-20(11(2)8-19-10)12(3)13-4-6-14(7-5-13)15(16,17)18/h4-7,10-12,19H,8-9H2,1-3H3/t10-,11+,12?/m0/s1. The minimum atomic E-state index is -4.27. The zero-order valence-electron chi connectivity index (χ0n) is 12.0. The van der Waals surface area contributed by atoms with Crippen molar-refractivity contribution in [3.8, 4) is 0 Å². The Balaban J connectivity index is 2.14. The number of benzene rings is 1. The number of alkyl halides is 3. The highest BCUT2D eigenvalue weighted by Gasteiger charge is 2.31. The molecule has 0 amide bonds. The van der Waals surface area contributed by atoms with E-state index in [1.807, 2.05) is 0 Å². The number of rotatable bonds is 2. The van der Waals surface area contributed by atoms with Crippen molar-refractivity contribution in [1.82, 2.24) is 10.2 Å². The summed E-state index contributed by atoms with van der Waals surface area (Å²) in [5, 5.41) is 3.41. The molecular weight excluding hydrogens is 265 g/mol. The first-order valence-corrected chi connectivity index (χ1v) is 6.95. The molecule has 20 heavy (non-hydrogen) atoms. The van der Waals surface area contributed by atoms with E-state index in [1.165, 1.54) is 12.1 Å². The molecule has 1 fully saturated rings. The number of piperazine rings is 1. The molecule has 1 unspecified atom stereocenters. The maximum absolute atomic E-state index is 12.6. The van der Waals surface area contributed by atoms with E-state index in [0.717, 1.165) is 18.7 Å². The normalized spacial score (nSPS) is 26.5. The van der Waals surface area contributed by atoms with Gasteiger partial charge in [0.05, 0.1) is 5.56 Å². The van der Waals surface area contributed by atoms with Crippen LogP contribution in [-0.2, 0) is 6.18 Å². The van der Waals surface area contributed by atoms with Crippen molar-refractivity contribution in [3.63, 3.8) is 0 Å². The van der Waals surface area contributed by atoms with Crippen LogP contribution in [-0.4, -0.2) is 30.1 Å². The molecule has 0 aliphatic carbocycles. The van der Waals surface area contributed by atoms with Crippen LogP contribution in [0, 0.1) is 0 Å². The van der Waals surface area contributed by atoms with Crippen molar-refractivity contribution < 1.29 is 13.2 Å². The van der Waals surface area contributed by atoms with Crippen LogP contribution in [0.4, 0.5) is 13.2 Å². The summed E-state index contributed by atoms with van der Waals surface area (Å²) in [6.45, 7) is 8.13. The van der Waals surface area contributed by atoms with Gasteiger partial charge < -0.3 is 5.32 Å². The van der Waals surface area contributed by atoms with E-state index in [-0.39, 0.29) is 6.04 Å². The summed E-state index contributed by atoms with van der Waals surface area (Å²) < 4.78 is 37.7. The lowest BCUT2D eigenvalue weighted by Crippen LogP contribution is -2.54. The van der Waals surface area contributed by atoms with Crippen molar-refractivity contribution in [2.45, 2.75) is 45.1 Å². The molecule has 1 aromatic rings. The SMILES string of the molecule is CC(c1ccc(C(F)(F)F)cc1)N1C[C@H](C)NC[C@H]1C. The third-order valence-electron chi connectivity index (χ3n) is 4.03. The van der Waals surface area contributed by atoms with Crippen molar-refractivity contribution in [2.75, 3.05) is 13.1 Å². The summed E-state index contributed by atoms with van der Waals surface area (Å²) in [4.78, 5) is 2.34. The van der Waals surface area contributed by atoms with Crippen molar-refractivity contribution in [2.24, 2.45) is 0 Å². The Bertz CT molecular complexity index is 441. The number of nitrogens with zero attached hydrogens (tertiary/aromatic N) is 1. The number of hydrogen-bond acceptors (Lipinski definition) is 2. The quantitative estimate of drug-likeness (QED) is 0.896. The van der Waals surface area contributed by atoms with Crippen LogP contribution in [0.25, 0.3) is 0 Å². The Morgan fingerprint density at radius 2 is 1.80 bits per heavy atom. The summed E-state index contributed by atoms with van der Waals surface area (Å²) in [6.07, 6.45) is -4.27. The van der Waals surface area contributed by atoms with E-state index in [1.54, 1.807) is 12.1 Å². The van der Waals surface area contributed by atoms with E-state index in [9.17, 15) is 13.2 Å². The first kappa shape index (κ1) is 15.3. The number of nitrogens with one attached hydrogen (secondary N) is 1. The molecular formula is C15H21F3N2. The lowest BCUT2D eigenvalue weighted by atomic mass is 10.0. The fourth-order valence-corrected chi connectivity index (χ4v) is 2.73. The predicted molar refractivity (Wildman–Crippen MR) is 73.5 cm³/mol. The predicted octanol–water partition coefficient (Wildman–Crippen LogP) is 3.45. The van der Waals surface area contributed by atoms with Gasteiger partial charge in [-0.25, -0.2) is 0 Å². The van der Waals surface area contributed by atoms with Crippen LogP contribution in [0.15, 0.2) is 24.3 Å². The highest BCUT2D eigenvalue weighted by atomic mass is 19.4. The fraction of sp³-hybridized carbons (Fsp3) is 0.600. The number of hydrogen-bond donors (Lipinski definition) is 1. The third kappa shape index (κ3) is 3.33. The Hall–Kier alpha value is -1.07. The molecule has 2 rings (SSSR count). The van der Waals surface area contributed by atoms with Gasteiger partial charge in [0, 0.05) is 31.2 Å². The van der Waals surface area contributed by atoms with Gasteiger partial charge in [0.1, 0.15) is 0 Å². The minimum Gasteiger partial charge on any atom is -0.311 e. The van der Waals surface area contributed by atoms with E-state index in [4.69, 9.17) is 0 Å². The van der Waals surface area contributed by atoms with Gasteiger partial charge in [-0.15, -0.1) is 0 Å². The van der Waals surface area contributed by atoms with Crippen molar-refractivity contribution >= 4 is 0 Å². The Morgan fingerprint density at radius 3 is 2.35 bits per heavy atom. The van der Waals surface area contributed by atoms with Crippen molar-refractivity contribution in [3.05, 3.63) is 35.4 Å². The topological polar surface area (TPSA) is 15.3 Å². The molecule has 1 saturated heterocycles. The van der Waals surface area contributed by atoms with Crippen LogP contribution >= 0.6 is 0 Å². The zero-order chi connectivity index (χ0) is 14.9. The van der Waals surface area contributed by atoms with Crippen LogP contribution in [0.1, 0.15) is 37.9 Å². The second-order valence-corrected chi connectivity index (χ2v) is 5.65. The molecule has 0 aromatic heterocycles. The molecule has 5 heteroatoms. The average molecular weight is 286 g/mol. The Kier molecular flexibility index (Phi) is 4.39. The number of halogens is 3. The third-order valence-corrected chi connectivity index (χ3v) is 4.03. The van der Waals surface area contributed by atoms with E-state index in [0.29, 0.717) is 12.1 Å². The second-order valence-electron chi connectivity index (χ2n) is 5.65. The largest absolute Gasteiger partial charge is 0.416 e. The monoisotopic (exact) mass is 286 g/mol. The van der Waals surface area contributed by atoms with E-state index < -0.39 is 11.7 Å². The highest BCUT2D eigenvalue weighted by Crippen LogP contribution is 2.31. The van der Waals surface area contributed by atoms with E-state index in [2.05, 4.69) is 31.0 Å². The second kappa shape index (κ2) is 5.74. The first-order chi connectivity index (χ1) is 9.29.